The predicted molar refractivity (Wildman–Crippen MR) is 73.6 cm³/mol. The molecule has 1 aliphatic heterocycles. The van der Waals surface area contributed by atoms with Crippen molar-refractivity contribution in [3.63, 3.8) is 0 Å². The average Bonchev–Trinajstić information content (AvgIpc) is 2.37. The first-order valence-corrected chi connectivity index (χ1v) is 6.71. The number of aliphatic hydroxyl groups is 1. The summed E-state index contributed by atoms with van der Waals surface area (Å²) in [6.45, 7) is 4.07. The molecule has 2 rings (SSSR count). The summed E-state index contributed by atoms with van der Waals surface area (Å²) in [5, 5.41) is 10.2. The Bertz CT molecular complexity index is 477. The Morgan fingerprint density at radius 2 is 2.05 bits per heavy atom. The molecule has 1 heterocycles. The van der Waals surface area contributed by atoms with Gasteiger partial charge in [-0.3, -0.25) is 0 Å². The van der Waals surface area contributed by atoms with Gasteiger partial charge in [0.25, 0.3) is 0 Å². The number of fused-ring (bicyclic) bond motifs is 1. The van der Waals surface area contributed by atoms with Gasteiger partial charge in [-0.2, -0.15) is 0 Å². The minimum absolute atomic E-state index is 0.163. The van der Waals surface area contributed by atoms with Crippen LogP contribution in [0.3, 0.4) is 0 Å². The molecule has 0 saturated carbocycles. The van der Waals surface area contributed by atoms with E-state index in [4.69, 9.17) is 4.74 Å². The number of benzene rings is 1. The third-order valence-electron chi connectivity index (χ3n) is 3.46. The van der Waals surface area contributed by atoms with Crippen molar-refractivity contribution in [3.8, 4) is 0 Å². The summed E-state index contributed by atoms with van der Waals surface area (Å²) in [4.78, 5) is 11.6. The van der Waals surface area contributed by atoms with Crippen LogP contribution in [0.2, 0.25) is 0 Å². The zero-order chi connectivity index (χ0) is 13.8. The molecule has 0 spiro atoms. The van der Waals surface area contributed by atoms with Crippen LogP contribution in [0.5, 0.6) is 0 Å². The van der Waals surface area contributed by atoms with Crippen LogP contribution in [-0.2, 0) is 16.0 Å². The quantitative estimate of drug-likeness (QED) is 0.790. The summed E-state index contributed by atoms with van der Waals surface area (Å²) in [5.41, 5.74) is 1.98. The molecule has 2 atom stereocenters. The summed E-state index contributed by atoms with van der Waals surface area (Å²) < 4.78 is 5.47. The molecule has 1 N–H and O–H groups in total. The van der Waals surface area contributed by atoms with Crippen LogP contribution in [0.4, 0.5) is 0 Å². The number of esters is 1. The van der Waals surface area contributed by atoms with Gasteiger partial charge in [-0.1, -0.05) is 44.2 Å². The van der Waals surface area contributed by atoms with Crippen LogP contribution in [0, 0.1) is 5.92 Å². The van der Waals surface area contributed by atoms with E-state index >= 15 is 0 Å². The average molecular weight is 260 g/mol. The Labute approximate surface area is 113 Å². The molecule has 1 aromatic carbocycles. The summed E-state index contributed by atoms with van der Waals surface area (Å²) in [6.07, 6.45) is 3.43. The van der Waals surface area contributed by atoms with Crippen LogP contribution in [0.1, 0.15) is 37.5 Å². The van der Waals surface area contributed by atoms with Gasteiger partial charge in [0.1, 0.15) is 6.10 Å². The summed E-state index contributed by atoms with van der Waals surface area (Å²) in [6, 6.07) is 7.81. The van der Waals surface area contributed by atoms with Crippen molar-refractivity contribution in [2.75, 3.05) is 0 Å². The van der Waals surface area contributed by atoms with Gasteiger partial charge < -0.3 is 9.84 Å². The highest BCUT2D eigenvalue weighted by Crippen LogP contribution is 2.25. The third-order valence-corrected chi connectivity index (χ3v) is 3.46. The van der Waals surface area contributed by atoms with E-state index < -0.39 is 6.10 Å². The van der Waals surface area contributed by atoms with E-state index in [2.05, 4.69) is 0 Å². The fourth-order valence-electron chi connectivity index (χ4n) is 2.28. The molecule has 0 saturated heterocycles. The number of ether oxygens (including phenoxy) is 1. The van der Waals surface area contributed by atoms with Crippen molar-refractivity contribution in [1.29, 1.82) is 0 Å². The van der Waals surface area contributed by atoms with Crippen LogP contribution in [-0.4, -0.2) is 17.2 Å². The molecule has 1 aromatic rings. The zero-order valence-electron chi connectivity index (χ0n) is 11.4. The van der Waals surface area contributed by atoms with Gasteiger partial charge in [0.2, 0.25) is 0 Å². The molecule has 0 unspecified atom stereocenters. The summed E-state index contributed by atoms with van der Waals surface area (Å²) >= 11 is 0. The van der Waals surface area contributed by atoms with E-state index in [0.29, 0.717) is 12.8 Å². The fourth-order valence-corrected chi connectivity index (χ4v) is 2.28. The minimum Gasteiger partial charge on any atom is -0.459 e. The van der Waals surface area contributed by atoms with Gasteiger partial charge >= 0.3 is 5.97 Å². The summed E-state index contributed by atoms with van der Waals surface area (Å²) in [7, 11) is 0. The molecule has 102 valence electrons. The van der Waals surface area contributed by atoms with E-state index in [0.717, 1.165) is 11.1 Å². The highest BCUT2D eigenvalue weighted by Gasteiger charge is 2.22. The third kappa shape index (κ3) is 3.44. The Kier molecular flexibility index (Phi) is 4.38. The molecule has 1 aliphatic rings. The lowest BCUT2D eigenvalue weighted by molar-refractivity contribution is -0.145. The highest BCUT2D eigenvalue weighted by atomic mass is 16.5. The van der Waals surface area contributed by atoms with Crippen molar-refractivity contribution in [1.82, 2.24) is 0 Å². The minimum atomic E-state index is -0.564. The number of hydrogen-bond donors (Lipinski definition) is 1. The molecule has 0 amide bonds. The number of carbonyl (C=O) groups is 1. The number of carbonyl (C=O) groups excluding carboxylic acids is 1. The van der Waals surface area contributed by atoms with E-state index in [1.807, 2.05) is 38.1 Å². The first kappa shape index (κ1) is 13.8. The van der Waals surface area contributed by atoms with E-state index in [1.165, 1.54) is 6.08 Å². The van der Waals surface area contributed by atoms with Crippen molar-refractivity contribution in [2.45, 2.75) is 38.9 Å². The lowest BCUT2D eigenvalue weighted by atomic mass is 9.92. The Hall–Kier alpha value is -1.61. The first-order valence-electron chi connectivity index (χ1n) is 6.71. The Balaban J connectivity index is 2.36. The van der Waals surface area contributed by atoms with Crippen molar-refractivity contribution in [3.05, 3.63) is 47.5 Å². The molecule has 3 nitrogen and oxygen atoms in total. The molecule has 0 aliphatic carbocycles. The molecule has 3 heteroatoms. The Morgan fingerprint density at radius 1 is 1.32 bits per heavy atom. The second-order valence-electron chi connectivity index (χ2n) is 5.28. The highest BCUT2D eigenvalue weighted by molar-refractivity contribution is 5.82. The topological polar surface area (TPSA) is 46.5 Å². The first-order chi connectivity index (χ1) is 9.08. The maximum atomic E-state index is 11.6. The van der Waals surface area contributed by atoms with E-state index in [-0.39, 0.29) is 18.0 Å². The van der Waals surface area contributed by atoms with Crippen LogP contribution in [0.25, 0.3) is 0 Å². The number of rotatable bonds is 1. The van der Waals surface area contributed by atoms with Crippen LogP contribution >= 0.6 is 0 Å². The molecular weight excluding hydrogens is 240 g/mol. The summed E-state index contributed by atoms with van der Waals surface area (Å²) in [5.74, 6) is -0.0905. The van der Waals surface area contributed by atoms with Gasteiger partial charge in [-0.25, -0.2) is 4.79 Å². The van der Waals surface area contributed by atoms with Crippen LogP contribution < -0.4 is 0 Å². The zero-order valence-corrected chi connectivity index (χ0v) is 11.4. The second-order valence-corrected chi connectivity index (χ2v) is 5.28. The fraction of sp³-hybridized carbons (Fsp3) is 0.438. The van der Waals surface area contributed by atoms with Gasteiger partial charge in [0.05, 0.1) is 6.10 Å². The molecule has 0 fully saturated rings. The monoisotopic (exact) mass is 260 g/mol. The SMILES string of the molecule is CC(C)[C@@H]1Cc2ccccc2[C@@H](O)C/C=C/C(=O)O1. The maximum Gasteiger partial charge on any atom is 0.330 e. The number of hydrogen-bond acceptors (Lipinski definition) is 3. The second kappa shape index (κ2) is 6.02. The van der Waals surface area contributed by atoms with Gasteiger partial charge in [-0.05, 0) is 23.5 Å². The lowest BCUT2D eigenvalue weighted by Gasteiger charge is -2.24. The van der Waals surface area contributed by atoms with Crippen molar-refractivity contribution < 1.29 is 14.6 Å². The van der Waals surface area contributed by atoms with Crippen molar-refractivity contribution in [2.24, 2.45) is 5.92 Å². The maximum absolute atomic E-state index is 11.6. The van der Waals surface area contributed by atoms with Gasteiger partial charge in [0.15, 0.2) is 0 Å². The van der Waals surface area contributed by atoms with Gasteiger partial charge in [0, 0.05) is 12.5 Å². The largest absolute Gasteiger partial charge is 0.459 e. The number of cyclic esters (lactones) is 1. The molecular formula is C16H20O3. The molecule has 0 radical (unpaired) electrons. The van der Waals surface area contributed by atoms with Crippen LogP contribution in [0.15, 0.2) is 36.4 Å². The van der Waals surface area contributed by atoms with Crippen molar-refractivity contribution >= 4 is 5.97 Å². The van der Waals surface area contributed by atoms with E-state index in [1.54, 1.807) is 6.08 Å². The molecule has 0 bridgehead atoms. The normalized spacial score (nSPS) is 25.6. The lowest BCUT2D eigenvalue weighted by Crippen LogP contribution is -2.26. The van der Waals surface area contributed by atoms with Gasteiger partial charge in [-0.15, -0.1) is 0 Å². The van der Waals surface area contributed by atoms with E-state index in [9.17, 15) is 9.90 Å². The standard InChI is InChI=1S/C16H20O3/c1-11(2)15-10-12-6-3-4-7-13(12)14(17)8-5-9-16(18)19-15/h3-7,9,11,14-15,17H,8,10H2,1-2H3/b9-5+/t14-,15-/m0/s1. The molecule has 0 aromatic heterocycles. The predicted octanol–water partition coefficient (Wildman–Crippen LogP) is 2.79. The Morgan fingerprint density at radius 3 is 2.79 bits per heavy atom. The smallest absolute Gasteiger partial charge is 0.330 e. The molecule has 19 heavy (non-hydrogen) atoms. The number of aliphatic hydroxyl groups excluding tert-OH is 1.